The van der Waals surface area contributed by atoms with Gasteiger partial charge in [0.15, 0.2) is 0 Å². The van der Waals surface area contributed by atoms with E-state index in [1.165, 1.54) is 0 Å². The first kappa shape index (κ1) is 31.0. The highest BCUT2D eigenvalue weighted by Crippen LogP contribution is 2.63. The zero-order valence-corrected chi connectivity index (χ0v) is 24.6. The van der Waals surface area contributed by atoms with E-state index in [1.807, 2.05) is 43.3 Å². The number of amides is 2. The van der Waals surface area contributed by atoms with Crippen LogP contribution in [-0.2, 0) is 30.3 Å². The predicted molar refractivity (Wildman–Crippen MR) is 157 cm³/mol. The average molecular weight is 567 g/mol. The molecular formula is C33H46N2O6. The molecule has 0 aliphatic carbocycles. The maximum Gasteiger partial charge on any atom is 0.312 e. The summed E-state index contributed by atoms with van der Waals surface area (Å²) in [5, 5.41) is 10.6. The predicted octanol–water partition coefficient (Wildman–Crippen LogP) is 4.07. The number of rotatable bonds is 16. The number of carbonyl (C=O) groups excluding carboxylic acids is 3. The van der Waals surface area contributed by atoms with E-state index in [9.17, 15) is 19.5 Å². The second-order valence-electron chi connectivity index (χ2n) is 11.9. The number of fused-ring (bicyclic) bond motifs is 1. The highest BCUT2D eigenvalue weighted by atomic mass is 16.6. The molecule has 2 unspecified atom stereocenters. The summed E-state index contributed by atoms with van der Waals surface area (Å²) in [7, 11) is 0. The van der Waals surface area contributed by atoms with Crippen LogP contribution in [0.3, 0.4) is 0 Å². The number of ether oxygens (including phenoxy) is 2. The van der Waals surface area contributed by atoms with Crippen LogP contribution in [-0.4, -0.2) is 82.3 Å². The van der Waals surface area contributed by atoms with Gasteiger partial charge in [-0.1, -0.05) is 55.8 Å². The van der Waals surface area contributed by atoms with Crippen LogP contribution in [0, 0.1) is 11.8 Å². The Labute approximate surface area is 244 Å². The molecule has 0 saturated carbocycles. The van der Waals surface area contributed by atoms with Crippen LogP contribution in [0.15, 0.2) is 55.6 Å². The molecule has 3 saturated heterocycles. The maximum absolute atomic E-state index is 14.5. The maximum atomic E-state index is 14.5. The van der Waals surface area contributed by atoms with Crippen LogP contribution in [0.2, 0.25) is 0 Å². The molecule has 224 valence electrons. The molecule has 0 aromatic heterocycles. The van der Waals surface area contributed by atoms with E-state index in [4.69, 9.17) is 9.47 Å². The fourth-order valence-electron chi connectivity index (χ4n) is 7.15. The molecule has 1 aromatic rings. The minimum absolute atomic E-state index is 0.219. The van der Waals surface area contributed by atoms with Crippen molar-refractivity contribution in [2.24, 2.45) is 11.8 Å². The monoisotopic (exact) mass is 566 g/mol. The van der Waals surface area contributed by atoms with E-state index >= 15 is 0 Å². The minimum atomic E-state index is -1.16. The van der Waals surface area contributed by atoms with E-state index in [-0.39, 0.29) is 25.0 Å². The van der Waals surface area contributed by atoms with Gasteiger partial charge >= 0.3 is 5.97 Å². The number of hydrogen-bond acceptors (Lipinski definition) is 6. The molecule has 6 atom stereocenters. The van der Waals surface area contributed by atoms with Crippen molar-refractivity contribution in [3.63, 3.8) is 0 Å². The van der Waals surface area contributed by atoms with Gasteiger partial charge in [0.2, 0.25) is 11.8 Å². The Morgan fingerprint density at radius 1 is 1.20 bits per heavy atom. The number of aliphatic hydroxyl groups is 1. The van der Waals surface area contributed by atoms with Gasteiger partial charge in [-0.05, 0) is 57.4 Å². The van der Waals surface area contributed by atoms with Gasteiger partial charge in [0.25, 0.3) is 0 Å². The Bertz CT molecular complexity index is 1110. The number of nitrogens with zero attached hydrogens (tertiary/aromatic N) is 2. The van der Waals surface area contributed by atoms with Gasteiger partial charge in [-0.2, -0.15) is 0 Å². The first-order valence-electron chi connectivity index (χ1n) is 15.1. The summed E-state index contributed by atoms with van der Waals surface area (Å²) in [6.45, 7) is 12.3. The third-order valence-electron chi connectivity index (χ3n) is 9.11. The quantitative estimate of drug-likeness (QED) is 0.184. The van der Waals surface area contributed by atoms with Crippen molar-refractivity contribution in [3.05, 3.63) is 61.2 Å². The Kier molecular flexibility index (Phi) is 10.1. The molecule has 4 rings (SSSR count). The Morgan fingerprint density at radius 3 is 2.61 bits per heavy atom. The van der Waals surface area contributed by atoms with Gasteiger partial charge in [0.1, 0.15) is 17.6 Å². The van der Waals surface area contributed by atoms with Crippen LogP contribution in [0.5, 0.6) is 0 Å². The molecule has 8 nitrogen and oxygen atoms in total. The lowest BCUT2D eigenvalue weighted by molar-refractivity contribution is -0.162. The molecule has 3 aliphatic heterocycles. The third kappa shape index (κ3) is 5.86. The fraction of sp³-hybridized carbons (Fsp3) is 0.606. The number of allylic oxidation sites excluding steroid dienone is 1. The van der Waals surface area contributed by atoms with E-state index in [2.05, 4.69) is 20.1 Å². The lowest BCUT2D eigenvalue weighted by atomic mass is 9.66. The molecule has 0 radical (unpaired) electrons. The second kappa shape index (κ2) is 13.3. The summed E-state index contributed by atoms with van der Waals surface area (Å²) >= 11 is 0. The number of unbranched alkanes of at least 4 members (excludes halogenated alkanes) is 3. The SMILES string of the molecule is C=CCCCCOC(=O)[C@@H]1[C@H]2C(=O)N([C@@H](CO)Cc3ccccc3)C(C(=O)N(CC=C)CCCC)C23CC[C@@]1(C)O3. The van der Waals surface area contributed by atoms with Crippen LogP contribution in [0.4, 0.5) is 0 Å². The van der Waals surface area contributed by atoms with Crippen molar-refractivity contribution in [1.29, 1.82) is 0 Å². The summed E-state index contributed by atoms with van der Waals surface area (Å²) in [6.07, 6.45) is 9.06. The number of carbonyl (C=O) groups is 3. The molecule has 3 heterocycles. The van der Waals surface area contributed by atoms with E-state index < -0.39 is 41.1 Å². The average Bonchev–Trinajstić information content (AvgIpc) is 3.54. The fourth-order valence-corrected chi connectivity index (χ4v) is 7.15. The first-order chi connectivity index (χ1) is 19.8. The van der Waals surface area contributed by atoms with Gasteiger partial charge in [0, 0.05) is 13.1 Å². The Hall–Kier alpha value is -2.97. The molecule has 1 spiro atoms. The number of likely N-dealkylation sites (tertiary alicyclic amines) is 1. The first-order valence-corrected chi connectivity index (χ1v) is 15.1. The van der Waals surface area contributed by atoms with Crippen LogP contribution >= 0.6 is 0 Å². The summed E-state index contributed by atoms with van der Waals surface area (Å²) < 4.78 is 12.4. The van der Waals surface area contributed by atoms with Crippen molar-refractivity contribution in [3.8, 4) is 0 Å². The lowest BCUT2D eigenvalue weighted by Crippen LogP contribution is -2.59. The smallest absolute Gasteiger partial charge is 0.312 e. The molecule has 3 fully saturated rings. The Balaban J connectivity index is 1.72. The normalized spacial score (nSPS) is 28.8. The molecular weight excluding hydrogens is 520 g/mol. The van der Waals surface area contributed by atoms with Gasteiger partial charge in [0.05, 0.1) is 30.8 Å². The molecule has 8 heteroatoms. The minimum Gasteiger partial charge on any atom is -0.465 e. The number of esters is 1. The van der Waals surface area contributed by atoms with Crippen molar-refractivity contribution < 1.29 is 29.0 Å². The number of aliphatic hydroxyl groups excluding tert-OH is 1. The van der Waals surface area contributed by atoms with Gasteiger partial charge in [-0.3, -0.25) is 14.4 Å². The molecule has 1 aromatic carbocycles. The standard InChI is InChI=1S/C33H46N2O6/c1-5-8-10-14-21-40-31(39)27-26-29(37)35(25(23-36)22-24-15-12-11-13-16-24)28(33(26)18-17-32(27,4)41-33)30(38)34(19-7-3)20-9-6-2/h5,7,11-13,15-16,25-28,36H,1,3,6,8-10,14,17-23H2,2,4H3/t25-,26+,27+,28?,32-,33?/m1/s1. The Morgan fingerprint density at radius 2 is 1.95 bits per heavy atom. The number of benzene rings is 1. The van der Waals surface area contributed by atoms with E-state index in [1.54, 1.807) is 15.9 Å². The lowest BCUT2D eigenvalue weighted by Gasteiger charge is -2.39. The van der Waals surface area contributed by atoms with Crippen molar-refractivity contribution in [2.45, 2.75) is 88.5 Å². The second-order valence-corrected chi connectivity index (χ2v) is 11.9. The van der Waals surface area contributed by atoms with Gasteiger partial charge in [-0.25, -0.2) is 0 Å². The zero-order valence-electron chi connectivity index (χ0n) is 24.6. The van der Waals surface area contributed by atoms with Crippen molar-refractivity contribution in [1.82, 2.24) is 9.80 Å². The van der Waals surface area contributed by atoms with Gasteiger partial charge < -0.3 is 24.4 Å². The molecule has 2 amide bonds. The van der Waals surface area contributed by atoms with E-state index in [0.717, 1.165) is 31.2 Å². The van der Waals surface area contributed by atoms with Crippen LogP contribution in [0.25, 0.3) is 0 Å². The molecule has 3 aliphatic rings. The molecule has 2 bridgehead atoms. The van der Waals surface area contributed by atoms with Crippen LogP contribution < -0.4 is 0 Å². The summed E-state index contributed by atoms with van der Waals surface area (Å²) in [5.41, 5.74) is -1.11. The molecule has 41 heavy (non-hydrogen) atoms. The summed E-state index contributed by atoms with van der Waals surface area (Å²) in [6, 6.07) is 8.02. The van der Waals surface area contributed by atoms with Crippen LogP contribution in [0.1, 0.15) is 64.4 Å². The molecule has 1 N–H and O–H groups in total. The number of hydrogen-bond donors (Lipinski definition) is 1. The topological polar surface area (TPSA) is 96.4 Å². The van der Waals surface area contributed by atoms with E-state index in [0.29, 0.717) is 38.8 Å². The highest BCUT2D eigenvalue weighted by Gasteiger charge is 2.79. The summed E-state index contributed by atoms with van der Waals surface area (Å²) in [5.74, 6) is -2.65. The third-order valence-corrected chi connectivity index (χ3v) is 9.11. The van der Waals surface area contributed by atoms with Crippen molar-refractivity contribution in [2.75, 3.05) is 26.3 Å². The highest BCUT2D eigenvalue weighted by molar-refractivity contribution is 5.98. The largest absolute Gasteiger partial charge is 0.465 e. The zero-order chi connectivity index (χ0) is 29.6. The van der Waals surface area contributed by atoms with Crippen molar-refractivity contribution >= 4 is 17.8 Å². The van der Waals surface area contributed by atoms with Gasteiger partial charge in [-0.15, -0.1) is 13.2 Å². The summed E-state index contributed by atoms with van der Waals surface area (Å²) in [4.78, 5) is 45.8.